The van der Waals surface area contributed by atoms with Crippen LogP contribution in [0.5, 0.6) is 0 Å². The van der Waals surface area contributed by atoms with E-state index in [0.717, 1.165) is 21.6 Å². The molecule has 2 aromatic rings. The molecule has 112 valence electrons. The van der Waals surface area contributed by atoms with Crippen LogP contribution in [0.4, 0.5) is 5.82 Å². The van der Waals surface area contributed by atoms with Crippen LogP contribution in [0.15, 0.2) is 18.2 Å². The zero-order chi connectivity index (χ0) is 15.4. The quantitative estimate of drug-likeness (QED) is 0.692. The summed E-state index contributed by atoms with van der Waals surface area (Å²) in [5.41, 5.74) is 1.52. The molecule has 0 radical (unpaired) electrons. The first-order valence-electron chi connectivity index (χ1n) is 6.32. The van der Waals surface area contributed by atoms with Crippen molar-refractivity contribution in [1.29, 1.82) is 0 Å². The number of aromatic nitrogens is 2. The van der Waals surface area contributed by atoms with Gasteiger partial charge < -0.3 is 10.1 Å². The summed E-state index contributed by atoms with van der Waals surface area (Å²) >= 11 is 14.5. The first-order valence-corrected chi connectivity index (χ1v) is 8.15. The van der Waals surface area contributed by atoms with E-state index in [4.69, 9.17) is 27.9 Å². The van der Waals surface area contributed by atoms with Crippen molar-refractivity contribution in [1.82, 2.24) is 9.97 Å². The molecule has 0 unspecified atom stereocenters. The predicted octanol–water partition coefficient (Wildman–Crippen LogP) is 4.63. The molecular weight excluding hydrogens is 424 g/mol. The lowest BCUT2D eigenvalue weighted by Gasteiger charge is -2.13. The van der Waals surface area contributed by atoms with Gasteiger partial charge in [-0.2, -0.15) is 0 Å². The fourth-order valence-electron chi connectivity index (χ4n) is 1.81. The van der Waals surface area contributed by atoms with E-state index in [1.165, 1.54) is 0 Å². The van der Waals surface area contributed by atoms with Crippen LogP contribution in [0.25, 0.3) is 11.4 Å². The molecule has 1 aromatic heterocycles. The third-order valence-electron chi connectivity index (χ3n) is 2.74. The van der Waals surface area contributed by atoms with Crippen LogP contribution >= 0.6 is 45.8 Å². The first kappa shape index (κ1) is 16.7. The maximum atomic E-state index is 6.26. The Bertz CT molecular complexity index is 625. The van der Waals surface area contributed by atoms with Crippen LogP contribution in [0, 0.1) is 3.57 Å². The van der Waals surface area contributed by atoms with Crippen molar-refractivity contribution in [3.8, 4) is 11.4 Å². The second-order valence-electron chi connectivity index (χ2n) is 4.22. The van der Waals surface area contributed by atoms with Crippen molar-refractivity contribution in [3.05, 3.63) is 37.5 Å². The molecule has 4 nitrogen and oxygen atoms in total. The second-order valence-corrected chi connectivity index (χ2v) is 6.09. The van der Waals surface area contributed by atoms with E-state index in [1.54, 1.807) is 13.2 Å². The molecule has 0 aliphatic heterocycles. The van der Waals surface area contributed by atoms with Crippen molar-refractivity contribution in [3.63, 3.8) is 0 Å². The molecule has 0 atom stereocenters. The maximum Gasteiger partial charge on any atom is 0.163 e. The Kier molecular flexibility index (Phi) is 6.04. The van der Waals surface area contributed by atoms with Gasteiger partial charge in [0, 0.05) is 19.2 Å². The Morgan fingerprint density at radius 3 is 2.71 bits per heavy atom. The SMILES string of the molecule is CCNc1nc(-c2cccc(Cl)c2Cl)nc(COC)c1I. The summed E-state index contributed by atoms with van der Waals surface area (Å²) in [6.07, 6.45) is 0. The number of anilines is 1. The molecule has 7 heteroatoms. The van der Waals surface area contributed by atoms with Crippen LogP contribution in [0.3, 0.4) is 0 Å². The summed E-state index contributed by atoms with van der Waals surface area (Å²) < 4.78 is 6.15. The first-order chi connectivity index (χ1) is 10.1. The van der Waals surface area contributed by atoms with Gasteiger partial charge in [-0.15, -0.1) is 0 Å². The van der Waals surface area contributed by atoms with Crippen molar-refractivity contribution in [2.75, 3.05) is 19.0 Å². The minimum atomic E-state index is 0.407. The Morgan fingerprint density at radius 1 is 1.29 bits per heavy atom. The molecule has 0 aliphatic carbocycles. The van der Waals surface area contributed by atoms with Crippen LogP contribution in [0.2, 0.25) is 10.0 Å². The highest BCUT2D eigenvalue weighted by atomic mass is 127. The van der Waals surface area contributed by atoms with E-state index in [2.05, 4.69) is 37.9 Å². The summed E-state index contributed by atoms with van der Waals surface area (Å²) in [4.78, 5) is 9.10. The number of nitrogens with zero attached hydrogens (tertiary/aromatic N) is 2. The molecular formula is C14H14Cl2IN3O. The highest BCUT2D eigenvalue weighted by Crippen LogP contribution is 2.33. The van der Waals surface area contributed by atoms with Crippen LogP contribution in [-0.4, -0.2) is 23.6 Å². The van der Waals surface area contributed by atoms with E-state index in [-0.39, 0.29) is 0 Å². The summed E-state index contributed by atoms with van der Waals surface area (Å²) in [7, 11) is 1.64. The van der Waals surface area contributed by atoms with Crippen molar-refractivity contribution in [2.24, 2.45) is 0 Å². The van der Waals surface area contributed by atoms with E-state index >= 15 is 0 Å². The van der Waals surface area contributed by atoms with E-state index in [1.807, 2.05) is 19.1 Å². The zero-order valence-electron chi connectivity index (χ0n) is 11.6. The van der Waals surface area contributed by atoms with Crippen molar-refractivity contribution >= 4 is 51.6 Å². The minimum absolute atomic E-state index is 0.407. The largest absolute Gasteiger partial charge is 0.378 e. The molecule has 21 heavy (non-hydrogen) atoms. The standard InChI is InChI=1S/C14H14Cl2IN3O/c1-3-18-14-12(17)10(7-21-2)19-13(20-14)8-5-4-6-9(15)11(8)16/h4-6H,3,7H2,1-2H3,(H,18,19,20). The number of benzene rings is 1. The topological polar surface area (TPSA) is 47.0 Å². The fraction of sp³-hybridized carbons (Fsp3) is 0.286. The smallest absolute Gasteiger partial charge is 0.163 e. The van der Waals surface area contributed by atoms with Gasteiger partial charge >= 0.3 is 0 Å². The molecule has 1 N–H and O–H groups in total. The van der Waals surface area contributed by atoms with Crippen molar-refractivity contribution in [2.45, 2.75) is 13.5 Å². The second kappa shape index (κ2) is 7.58. The van der Waals surface area contributed by atoms with Crippen molar-refractivity contribution < 1.29 is 4.74 Å². The number of hydrogen-bond donors (Lipinski definition) is 1. The number of halogens is 3. The third-order valence-corrected chi connectivity index (χ3v) is 4.69. The van der Waals surface area contributed by atoms with Crippen LogP contribution in [0.1, 0.15) is 12.6 Å². The molecule has 0 spiro atoms. The number of nitrogens with one attached hydrogen (secondary N) is 1. The molecule has 0 saturated carbocycles. The third kappa shape index (κ3) is 3.77. The van der Waals surface area contributed by atoms with E-state index in [0.29, 0.717) is 28.0 Å². The molecule has 0 saturated heterocycles. The van der Waals surface area contributed by atoms with Gasteiger partial charge in [0.05, 0.1) is 25.9 Å². The molecule has 1 aromatic carbocycles. The molecule has 0 bridgehead atoms. The van der Waals surface area contributed by atoms with Crippen LogP contribution < -0.4 is 5.32 Å². The van der Waals surface area contributed by atoms with Gasteiger partial charge in [-0.3, -0.25) is 0 Å². The lowest BCUT2D eigenvalue weighted by atomic mass is 10.2. The predicted molar refractivity (Wildman–Crippen MR) is 95.1 cm³/mol. The molecule has 1 heterocycles. The summed E-state index contributed by atoms with van der Waals surface area (Å²) in [5.74, 6) is 1.30. The lowest BCUT2D eigenvalue weighted by molar-refractivity contribution is 0.181. The molecule has 2 rings (SSSR count). The van der Waals surface area contributed by atoms with Gasteiger partial charge in [-0.25, -0.2) is 9.97 Å². The Hall–Kier alpha value is -0.630. The maximum absolute atomic E-state index is 6.26. The van der Waals surface area contributed by atoms with Gasteiger partial charge in [-0.05, 0) is 41.6 Å². The normalized spacial score (nSPS) is 10.7. The Balaban J connectivity index is 2.60. The highest BCUT2D eigenvalue weighted by Gasteiger charge is 2.15. The molecule has 0 fully saturated rings. The minimum Gasteiger partial charge on any atom is -0.378 e. The molecule has 0 amide bonds. The highest BCUT2D eigenvalue weighted by molar-refractivity contribution is 14.1. The van der Waals surface area contributed by atoms with E-state index < -0.39 is 0 Å². The van der Waals surface area contributed by atoms with E-state index in [9.17, 15) is 0 Å². The summed E-state index contributed by atoms with van der Waals surface area (Å²) in [6, 6.07) is 5.41. The fourth-order valence-corrected chi connectivity index (χ4v) is 2.78. The van der Waals surface area contributed by atoms with Gasteiger partial charge in [0.25, 0.3) is 0 Å². The number of methoxy groups -OCH3 is 1. The van der Waals surface area contributed by atoms with Gasteiger partial charge in [0.2, 0.25) is 0 Å². The number of rotatable bonds is 5. The Labute approximate surface area is 147 Å². The number of hydrogen-bond acceptors (Lipinski definition) is 4. The average Bonchev–Trinajstić information content (AvgIpc) is 2.46. The van der Waals surface area contributed by atoms with Gasteiger partial charge in [0.1, 0.15) is 5.82 Å². The monoisotopic (exact) mass is 437 g/mol. The summed E-state index contributed by atoms with van der Waals surface area (Å²) in [5, 5.41) is 4.16. The number of ether oxygens (including phenoxy) is 1. The lowest BCUT2D eigenvalue weighted by Crippen LogP contribution is -2.08. The zero-order valence-corrected chi connectivity index (χ0v) is 15.3. The van der Waals surface area contributed by atoms with Crippen LogP contribution in [-0.2, 0) is 11.3 Å². The van der Waals surface area contributed by atoms with Gasteiger partial charge in [-0.1, -0.05) is 29.3 Å². The molecule has 0 aliphatic rings. The summed E-state index contributed by atoms with van der Waals surface area (Å²) in [6.45, 7) is 3.19. The van der Waals surface area contributed by atoms with Gasteiger partial charge in [0.15, 0.2) is 5.82 Å². The average molecular weight is 438 g/mol. The Morgan fingerprint density at radius 2 is 2.05 bits per heavy atom.